The van der Waals surface area contributed by atoms with Gasteiger partial charge in [0.05, 0.1) is 0 Å². The van der Waals surface area contributed by atoms with E-state index in [0.717, 1.165) is 32.4 Å². The Hall–Kier alpha value is -1.36. The van der Waals surface area contributed by atoms with Gasteiger partial charge < -0.3 is 14.8 Å². The van der Waals surface area contributed by atoms with Gasteiger partial charge in [0.15, 0.2) is 5.82 Å². The lowest BCUT2D eigenvalue weighted by atomic mass is 10.1. The van der Waals surface area contributed by atoms with Crippen LogP contribution in [0.25, 0.3) is 0 Å². The van der Waals surface area contributed by atoms with Crippen molar-refractivity contribution in [3.8, 4) is 0 Å². The summed E-state index contributed by atoms with van der Waals surface area (Å²) in [5, 5.41) is 3.40. The fourth-order valence-corrected chi connectivity index (χ4v) is 2.73. The van der Waals surface area contributed by atoms with E-state index in [4.69, 9.17) is 0 Å². The van der Waals surface area contributed by atoms with Crippen LogP contribution < -0.4 is 15.8 Å². The molecule has 0 amide bonds. The van der Waals surface area contributed by atoms with Gasteiger partial charge in [0.2, 0.25) is 0 Å². The second-order valence-electron chi connectivity index (χ2n) is 6.54. The summed E-state index contributed by atoms with van der Waals surface area (Å²) in [6.45, 7) is 8.18. The van der Waals surface area contributed by atoms with Gasteiger partial charge in [-0.25, -0.2) is 4.98 Å². The first-order valence-electron chi connectivity index (χ1n) is 7.43. The number of hydrogen-bond acceptors (Lipinski definition) is 4. The van der Waals surface area contributed by atoms with Gasteiger partial charge in [0.25, 0.3) is 5.56 Å². The van der Waals surface area contributed by atoms with Crippen molar-refractivity contribution in [3.63, 3.8) is 0 Å². The monoisotopic (exact) mass is 278 g/mol. The van der Waals surface area contributed by atoms with E-state index in [1.807, 2.05) is 27.8 Å². The van der Waals surface area contributed by atoms with Gasteiger partial charge in [0.1, 0.15) is 0 Å². The molecule has 0 radical (unpaired) electrons. The van der Waals surface area contributed by atoms with Crippen molar-refractivity contribution in [2.24, 2.45) is 0 Å². The highest BCUT2D eigenvalue weighted by atomic mass is 16.1. The predicted octanol–water partition coefficient (Wildman–Crippen LogP) is 1.58. The van der Waals surface area contributed by atoms with Crippen molar-refractivity contribution in [2.45, 2.75) is 51.6 Å². The fourth-order valence-electron chi connectivity index (χ4n) is 2.73. The average molecular weight is 278 g/mol. The van der Waals surface area contributed by atoms with E-state index in [2.05, 4.69) is 15.2 Å². The molecule has 1 fully saturated rings. The summed E-state index contributed by atoms with van der Waals surface area (Å²) in [6.07, 6.45) is 6.81. The maximum atomic E-state index is 12.6. The van der Waals surface area contributed by atoms with E-state index in [9.17, 15) is 4.79 Å². The number of nitrogens with zero attached hydrogens (tertiary/aromatic N) is 3. The first kappa shape index (κ1) is 15.0. The van der Waals surface area contributed by atoms with E-state index >= 15 is 0 Å². The third-order valence-electron chi connectivity index (χ3n) is 3.97. The Labute approximate surface area is 121 Å². The summed E-state index contributed by atoms with van der Waals surface area (Å²) >= 11 is 0. The highest BCUT2D eigenvalue weighted by Crippen LogP contribution is 2.17. The Kier molecular flexibility index (Phi) is 4.48. The standard InChI is InChI=1S/C15H26N4O/c1-15(2,3)19-11-10-17-13(14(19)20)18(4)12-6-5-8-16-9-7-12/h10-12,16H,5-9H2,1-4H3. The lowest BCUT2D eigenvalue weighted by Crippen LogP contribution is -2.41. The maximum Gasteiger partial charge on any atom is 0.293 e. The molecule has 0 saturated carbocycles. The van der Waals surface area contributed by atoms with Crippen molar-refractivity contribution in [3.05, 3.63) is 22.7 Å². The summed E-state index contributed by atoms with van der Waals surface area (Å²) in [4.78, 5) is 19.0. The van der Waals surface area contributed by atoms with Crippen LogP contribution in [0, 0.1) is 0 Å². The molecule has 1 atom stereocenters. The normalized spacial score (nSPS) is 20.5. The number of anilines is 1. The van der Waals surface area contributed by atoms with E-state index in [1.165, 1.54) is 0 Å². The van der Waals surface area contributed by atoms with E-state index in [-0.39, 0.29) is 11.1 Å². The van der Waals surface area contributed by atoms with E-state index in [0.29, 0.717) is 11.9 Å². The van der Waals surface area contributed by atoms with Crippen LogP contribution in [-0.2, 0) is 5.54 Å². The molecule has 5 nitrogen and oxygen atoms in total. The smallest absolute Gasteiger partial charge is 0.293 e. The summed E-state index contributed by atoms with van der Waals surface area (Å²) < 4.78 is 1.76. The Morgan fingerprint density at radius 1 is 1.35 bits per heavy atom. The van der Waals surface area contributed by atoms with Gasteiger partial charge in [-0.05, 0) is 53.1 Å². The number of aromatic nitrogens is 2. The van der Waals surface area contributed by atoms with Crippen LogP contribution in [0.15, 0.2) is 17.2 Å². The first-order chi connectivity index (χ1) is 9.41. The zero-order valence-corrected chi connectivity index (χ0v) is 13.0. The molecule has 1 aliphatic rings. The molecule has 1 aromatic heterocycles. The quantitative estimate of drug-likeness (QED) is 0.892. The van der Waals surface area contributed by atoms with Crippen LogP contribution in [0.3, 0.4) is 0 Å². The number of hydrogen-bond donors (Lipinski definition) is 1. The summed E-state index contributed by atoms with van der Waals surface area (Å²) in [6, 6.07) is 0.390. The minimum atomic E-state index is -0.222. The molecular formula is C15H26N4O. The van der Waals surface area contributed by atoms with Gasteiger partial charge in [0, 0.05) is 31.0 Å². The Morgan fingerprint density at radius 3 is 2.80 bits per heavy atom. The second kappa shape index (κ2) is 5.95. The minimum Gasteiger partial charge on any atom is -0.352 e. The zero-order chi connectivity index (χ0) is 14.8. The molecule has 1 aromatic rings. The topological polar surface area (TPSA) is 50.2 Å². The largest absolute Gasteiger partial charge is 0.352 e. The van der Waals surface area contributed by atoms with Gasteiger partial charge >= 0.3 is 0 Å². The summed E-state index contributed by atoms with van der Waals surface area (Å²) in [5.74, 6) is 0.564. The SMILES string of the molecule is CN(c1nccn(C(C)(C)C)c1=O)C1CCCNCC1. The third kappa shape index (κ3) is 3.20. The lowest BCUT2D eigenvalue weighted by molar-refractivity contribution is 0.381. The van der Waals surface area contributed by atoms with Crippen molar-refractivity contribution in [1.82, 2.24) is 14.9 Å². The van der Waals surface area contributed by atoms with Crippen molar-refractivity contribution in [2.75, 3.05) is 25.0 Å². The van der Waals surface area contributed by atoms with Crippen molar-refractivity contribution < 1.29 is 0 Å². The Bertz CT molecular complexity index is 495. The molecule has 20 heavy (non-hydrogen) atoms. The van der Waals surface area contributed by atoms with Crippen LogP contribution in [0.2, 0.25) is 0 Å². The van der Waals surface area contributed by atoms with Gasteiger partial charge in [-0.1, -0.05) is 0 Å². The van der Waals surface area contributed by atoms with Crippen LogP contribution in [0.4, 0.5) is 5.82 Å². The fraction of sp³-hybridized carbons (Fsp3) is 0.733. The molecule has 1 N–H and O–H groups in total. The van der Waals surface area contributed by atoms with Gasteiger partial charge in [-0.2, -0.15) is 0 Å². The molecule has 112 valence electrons. The molecule has 0 aromatic carbocycles. The zero-order valence-electron chi connectivity index (χ0n) is 13.0. The van der Waals surface area contributed by atoms with Crippen LogP contribution in [0.5, 0.6) is 0 Å². The van der Waals surface area contributed by atoms with E-state index < -0.39 is 0 Å². The Morgan fingerprint density at radius 2 is 2.10 bits per heavy atom. The molecule has 0 bridgehead atoms. The number of rotatable bonds is 2. The summed E-state index contributed by atoms with van der Waals surface area (Å²) in [5.41, 5.74) is -0.222. The van der Waals surface area contributed by atoms with Crippen molar-refractivity contribution >= 4 is 5.82 Å². The molecule has 2 rings (SSSR count). The summed E-state index contributed by atoms with van der Waals surface area (Å²) in [7, 11) is 1.99. The Balaban J connectivity index is 2.30. The number of nitrogens with one attached hydrogen (secondary N) is 1. The minimum absolute atomic E-state index is 0.000272. The highest BCUT2D eigenvalue weighted by Gasteiger charge is 2.23. The van der Waals surface area contributed by atoms with Crippen LogP contribution >= 0.6 is 0 Å². The van der Waals surface area contributed by atoms with Gasteiger partial charge in [-0.3, -0.25) is 4.79 Å². The molecule has 1 saturated heterocycles. The first-order valence-corrected chi connectivity index (χ1v) is 7.43. The van der Waals surface area contributed by atoms with Crippen LogP contribution in [0.1, 0.15) is 40.0 Å². The van der Waals surface area contributed by atoms with Crippen molar-refractivity contribution in [1.29, 1.82) is 0 Å². The predicted molar refractivity (Wildman–Crippen MR) is 82.4 cm³/mol. The molecule has 0 spiro atoms. The van der Waals surface area contributed by atoms with Crippen LogP contribution in [-0.4, -0.2) is 35.7 Å². The maximum absolute atomic E-state index is 12.6. The molecule has 1 aliphatic heterocycles. The molecular weight excluding hydrogens is 252 g/mol. The highest BCUT2D eigenvalue weighted by molar-refractivity contribution is 5.36. The molecule has 0 aliphatic carbocycles. The molecule has 5 heteroatoms. The third-order valence-corrected chi connectivity index (χ3v) is 3.97. The molecule has 2 heterocycles. The lowest BCUT2D eigenvalue weighted by Gasteiger charge is -2.29. The second-order valence-corrected chi connectivity index (χ2v) is 6.54. The average Bonchev–Trinajstić information content (AvgIpc) is 2.65. The van der Waals surface area contributed by atoms with E-state index in [1.54, 1.807) is 17.0 Å². The molecule has 1 unspecified atom stereocenters. The van der Waals surface area contributed by atoms with Gasteiger partial charge in [-0.15, -0.1) is 0 Å².